The molecule has 0 radical (unpaired) electrons. The molecule has 0 saturated carbocycles. The number of rotatable bonds is 4. The lowest BCUT2D eigenvalue weighted by Crippen LogP contribution is -2.37. The third-order valence-corrected chi connectivity index (χ3v) is 3.07. The van der Waals surface area contributed by atoms with Gasteiger partial charge in [0.05, 0.1) is 0 Å². The van der Waals surface area contributed by atoms with Crippen LogP contribution in [0.2, 0.25) is 0 Å². The van der Waals surface area contributed by atoms with E-state index < -0.39 is 5.60 Å². The van der Waals surface area contributed by atoms with E-state index in [1.54, 1.807) is 4.90 Å². The van der Waals surface area contributed by atoms with Gasteiger partial charge in [0, 0.05) is 17.9 Å². The second kappa shape index (κ2) is 6.83. The number of benzene rings is 1. The van der Waals surface area contributed by atoms with Gasteiger partial charge in [-0.05, 0) is 50.8 Å². The zero-order chi connectivity index (χ0) is 16.2. The number of anilines is 2. The van der Waals surface area contributed by atoms with E-state index in [0.717, 1.165) is 17.7 Å². The number of hydrogen-bond donors (Lipinski definition) is 1. The van der Waals surface area contributed by atoms with Crippen LogP contribution in [0.1, 0.15) is 59.4 Å². The molecule has 21 heavy (non-hydrogen) atoms. The Hall–Kier alpha value is -1.71. The zero-order valence-corrected chi connectivity index (χ0v) is 14.1. The van der Waals surface area contributed by atoms with Crippen LogP contribution in [0.25, 0.3) is 0 Å². The van der Waals surface area contributed by atoms with Gasteiger partial charge in [0.25, 0.3) is 0 Å². The molecule has 0 bridgehead atoms. The van der Waals surface area contributed by atoms with Crippen LogP contribution in [-0.2, 0) is 4.74 Å². The third kappa shape index (κ3) is 4.96. The van der Waals surface area contributed by atoms with Gasteiger partial charge in [-0.2, -0.15) is 0 Å². The second-order valence-electron chi connectivity index (χ2n) is 6.60. The minimum Gasteiger partial charge on any atom is -0.443 e. The topological polar surface area (TPSA) is 55.6 Å². The molecule has 0 aromatic heterocycles. The molecule has 118 valence electrons. The summed E-state index contributed by atoms with van der Waals surface area (Å²) in [5.41, 5.74) is 8.19. The van der Waals surface area contributed by atoms with Gasteiger partial charge in [0.1, 0.15) is 5.60 Å². The van der Waals surface area contributed by atoms with E-state index in [1.165, 1.54) is 0 Å². The Labute approximate surface area is 128 Å². The largest absolute Gasteiger partial charge is 0.443 e. The summed E-state index contributed by atoms with van der Waals surface area (Å²) in [6.45, 7) is 12.4. The summed E-state index contributed by atoms with van der Waals surface area (Å²) in [4.78, 5) is 14.0. The average Bonchev–Trinajstić information content (AvgIpc) is 2.33. The van der Waals surface area contributed by atoms with Crippen LogP contribution in [0.5, 0.6) is 0 Å². The molecule has 0 aliphatic heterocycles. The molecule has 4 heteroatoms. The van der Waals surface area contributed by atoms with Gasteiger partial charge in [-0.25, -0.2) is 4.79 Å². The summed E-state index contributed by atoms with van der Waals surface area (Å²) in [5.74, 6) is 0.361. The van der Waals surface area contributed by atoms with E-state index in [2.05, 4.69) is 13.8 Å². The zero-order valence-electron chi connectivity index (χ0n) is 14.1. The Morgan fingerprint density at radius 1 is 1.33 bits per heavy atom. The molecule has 0 aliphatic rings. The van der Waals surface area contributed by atoms with Crippen LogP contribution in [0.15, 0.2) is 18.2 Å². The molecule has 0 unspecified atom stereocenters. The second-order valence-corrected chi connectivity index (χ2v) is 6.60. The lowest BCUT2D eigenvalue weighted by atomic mass is 10.0. The van der Waals surface area contributed by atoms with Crippen LogP contribution in [0.3, 0.4) is 0 Å². The predicted molar refractivity (Wildman–Crippen MR) is 88.8 cm³/mol. The number of ether oxygens (including phenoxy) is 1. The Bertz CT molecular complexity index is 490. The first kappa shape index (κ1) is 17.3. The average molecular weight is 292 g/mol. The first-order valence-electron chi connectivity index (χ1n) is 7.55. The number of carbonyl (C=O) groups is 1. The van der Waals surface area contributed by atoms with Gasteiger partial charge >= 0.3 is 6.09 Å². The minimum absolute atomic E-state index is 0.332. The van der Waals surface area contributed by atoms with Gasteiger partial charge < -0.3 is 10.5 Å². The molecule has 0 aliphatic carbocycles. The molecule has 0 heterocycles. The summed E-state index contributed by atoms with van der Waals surface area (Å²) >= 11 is 0. The van der Waals surface area contributed by atoms with Crippen LogP contribution in [0.4, 0.5) is 16.2 Å². The van der Waals surface area contributed by atoms with E-state index in [0.29, 0.717) is 18.2 Å². The highest BCUT2D eigenvalue weighted by Crippen LogP contribution is 2.28. The molecular formula is C17H28N2O2. The van der Waals surface area contributed by atoms with Crippen molar-refractivity contribution in [2.45, 2.75) is 59.5 Å². The van der Waals surface area contributed by atoms with Crippen molar-refractivity contribution >= 4 is 17.5 Å². The molecule has 1 amide bonds. The van der Waals surface area contributed by atoms with Gasteiger partial charge in [-0.1, -0.05) is 26.8 Å². The number of nitrogens with two attached hydrogens (primary N) is 1. The predicted octanol–water partition coefficient (Wildman–Crippen LogP) is 4.54. The van der Waals surface area contributed by atoms with Crippen molar-refractivity contribution in [3.8, 4) is 0 Å². The molecular weight excluding hydrogens is 264 g/mol. The summed E-state index contributed by atoms with van der Waals surface area (Å²) in [6.07, 6.45) is 0.520. The normalized spacial score (nSPS) is 11.6. The van der Waals surface area contributed by atoms with E-state index in [4.69, 9.17) is 10.5 Å². The standard InChI is InChI=1S/C17H28N2O2/c1-7-10-19(16(20)21-17(4,5)6)13-8-9-14(12(2)3)15(18)11-13/h8-9,11-12H,7,10,18H2,1-6H3. The molecule has 0 fully saturated rings. The SMILES string of the molecule is CCCN(C(=O)OC(C)(C)C)c1ccc(C(C)C)c(N)c1. The Kier molecular flexibility index (Phi) is 5.64. The minimum atomic E-state index is -0.507. The van der Waals surface area contributed by atoms with Crippen molar-refractivity contribution in [3.63, 3.8) is 0 Å². The molecule has 1 aromatic rings. The molecule has 2 N–H and O–H groups in total. The fraction of sp³-hybridized carbons (Fsp3) is 0.588. The Morgan fingerprint density at radius 3 is 2.38 bits per heavy atom. The van der Waals surface area contributed by atoms with Crippen LogP contribution in [-0.4, -0.2) is 18.2 Å². The molecule has 0 atom stereocenters. The lowest BCUT2D eigenvalue weighted by Gasteiger charge is -2.27. The maximum absolute atomic E-state index is 12.3. The number of hydrogen-bond acceptors (Lipinski definition) is 3. The van der Waals surface area contributed by atoms with Crippen molar-refractivity contribution in [2.75, 3.05) is 17.2 Å². The van der Waals surface area contributed by atoms with Gasteiger partial charge in [-0.15, -0.1) is 0 Å². The highest BCUT2D eigenvalue weighted by molar-refractivity contribution is 5.88. The van der Waals surface area contributed by atoms with Crippen LogP contribution >= 0.6 is 0 Å². The molecule has 4 nitrogen and oxygen atoms in total. The van der Waals surface area contributed by atoms with E-state index in [1.807, 2.05) is 45.9 Å². The highest BCUT2D eigenvalue weighted by atomic mass is 16.6. The van der Waals surface area contributed by atoms with Crippen molar-refractivity contribution in [1.29, 1.82) is 0 Å². The summed E-state index contributed by atoms with van der Waals surface area (Å²) in [7, 11) is 0. The summed E-state index contributed by atoms with van der Waals surface area (Å²) < 4.78 is 5.47. The summed E-state index contributed by atoms with van der Waals surface area (Å²) in [6, 6.07) is 5.78. The quantitative estimate of drug-likeness (QED) is 0.829. The van der Waals surface area contributed by atoms with E-state index >= 15 is 0 Å². The van der Waals surface area contributed by atoms with Gasteiger partial charge in [0.15, 0.2) is 0 Å². The van der Waals surface area contributed by atoms with Crippen molar-refractivity contribution in [3.05, 3.63) is 23.8 Å². The monoisotopic (exact) mass is 292 g/mol. The smallest absolute Gasteiger partial charge is 0.414 e. The number of carbonyl (C=O) groups excluding carboxylic acids is 1. The van der Waals surface area contributed by atoms with Crippen molar-refractivity contribution in [1.82, 2.24) is 0 Å². The van der Waals surface area contributed by atoms with Crippen molar-refractivity contribution < 1.29 is 9.53 Å². The van der Waals surface area contributed by atoms with E-state index in [-0.39, 0.29) is 6.09 Å². The van der Waals surface area contributed by atoms with Gasteiger partial charge in [0.2, 0.25) is 0 Å². The number of nitrogens with zero attached hydrogens (tertiary/aromatic N) is 1. The molecule has 1 rings (SSSR count). The van der Waals surface area contributed by atoms with Gasteiger partial charge in [-0.3, -0.25) is 4.90 Å². The first-order chi connectivity index (χ1) is 9.65. The van der Waals surface area contributed by atoms with Crippen molar-refractivity contribution in [2.24, 2.45) is 0 Å². The van der Waals surface area contributed by atoms with Crippen LogP contribution < -0.4 is 10.6 Å². The van der Waals surface area contributed by atoms with E-state index in [9.17, 15) is 4.79 Å². The maximum atomic E-state index is 12.3. The molecule has 1 aromatic carbocycles. The lowest BCUT2D eigenvalue weighted by molar-refractivity contribution is 0.0580. The maximum Gasteiger partial charge on any atom is 0.414 e. The number of nitrogen functional groups attached to an aromatic ring is 1. The van der Waals surface area contributed by atoms with Crippen LogP contribution in [0, 0.1) is 0 Å². The summed E-state index contributed by atoms with van der Waals surface area (Å²) in [5, 5.41) is 0. The Morgan fingerprint density at radius 2 is 1.95 bits per heavy atom. The molecule has 0 spiro atoms. The fourth-order valence-electron chi connectivity index (χ4n) is 2.12. The first-order valence-corrected chi connectivity index (χ1v) is 7.55. The Balaban J connectivity index is 3.06. The number of amides is 1. The highest BCUT2D eigenvalue weighted by Gasteiger charge is 2.23. The fourth-order valence-corrected chi connectivity index (χ4v) is 2.12. The third-order valence-electron chi connectivity index (χ3n) is 3.07. The molecule has 0 saturated heterocycles.